The molecule has 1 aliphatic heterocycles. The first kappa shape index (κ1) is 21.1. The van der Waals surface area contributed by atoms with Crippen LogP contribution in [0, 0.1) is 12.7 Å². The molecule has 0 amide bonds. The van der Waals surface area contributed by atoms with Gasteiger partial charge in [0.2, 0.25) is 0 Å². The van der Waals surface area contributed by atoms with Crippen LogP contribution in [-0.4, -0.2) is 28.2 Å². The Morgan fingerprint density at radius 2 is 2.00 bits per heavy atom. The number of alkyl halides is 1. The highest BCUT2D eigenvalue weighted by molar-refractivity contribution is 5.89. The van der Waals surface area contributed by atoms with Gasteiger partial charge >= 0.3 is 0 Å². The fraction of sp³-hybridized carbons (Fsp3) is 0.348. The molecule has 4 rings (SSSR count). The minimum Gasteiger partial charge on any atom is -0.377 e. The largest absolute Gasteiger partial charge is 0.377 e. The molecule has 1 aromatic carbocycles. The van der Waals surface area contributed by atoms with Crippen molar-refractivity contribution in [1.29, 1.82) is 0 Å². The lowest BCUT2D eigenvalue weighted by Gasteiger charge is -2.19. The minimum atomic E-state index is -1.41. The molecule has 8 heteroatoms. The first-order valence-corrected chi connectivity index (χ1v) is 10.2. The summed E-state index contributed by atoms with van der Waals surface area (Å²) in [6, 6.07) is 5.97. The molecule has 2 N–H and O–H groups in total. The lowest BCUT2D eigenvalue weighted by molar-refractivity contribution is 0.161. The first-order valence-electron chi connectivity index (χ1n) is 10.2. The van der Waals surface area contributed by atoms with Gasteiger partial charge in [-0.1, -0.05) is 24.3 Å². The van der Waals surface area contributed by atoms with Crippen LogP contribution >= 0.6 is 0 Å². The van der Waals surface area contributed by atoms with Crippen molar-refractivity contribution in [1.82, 2.24) is 15.0 Å². The predicted octanol–water partition coefficient (Wildman–Crippen LogP) is 4.77. The van der Waals surface area contributed by atoms with E-state index < -0.39 is 18.0 Å². The monoisotopic (exact) mass is 426 g/mol. The van der Waals surface area contributed by atoms with Crippen LogP contribution in [0.5, 0.6) is 0 Å². The van der Waals surface area contributed by atoms with Crippen LogP contribution in [0.1, 0.15) is 55.0 Å². The summed E-state index contributed by atoms with van der Waals surface area (Å²) in [5.74, 6) is 0.356. The quantitative estimate of drug-likeness (QED) is 0.614. The molecule has 3 heterocycles. The SMILES string of the molecule is Cc1nc(N[C@H](C)c2cccc(C(C)F)c2F)c2cc(C3=CCOCC3)c(=O)[nH]c2n1. The number of benzene rings is 1. The molecule has 1 unspecified atom stereocenters. The molecule has 162 valence electrons. The van der Waals surface area contributed by atoms with Crippen molar-refractivity contribution in [2.75, 3.05) is 18.5 Å². The van der Waals surface area contributed by atoms with Gasteiger partial charge in [-0.3, -0.25) is 4.79 Å². The summed E-state index contributed by atoms with van der Waals surface area (Å²) in [6.45, 7) is 5.82. The third kappa shape index (κ3) is 4.20. The third-order valence-electron chi connectivity index (χ3n) is 5.44. The molecule has 3 aromatic rings. The van der Waals surface area contributed by atoms with Crippen LogP contribution in [0.15, 0.2) is 35.1 Å². The number of aromatic nitrogens is 3. The number of aromatic amines is 1. The molecule has 0 spiro atoms. The Balaban J connectivity index is 1.77. The summed E-state index contributed by atoms with van der Waals surface area (Å²) >= 11 is 0. The molecule has 0 saturated carbocycles. The molecule has 0 radical (unpaired) electrons. The molecule has 6 nitrogen and oxygen atoms in total. The normalized spacial score (nSPS) is 16.1. The van der Waals surface area contributed by atoms with E-state index in [1.54, 1.807) is 32.0 Å². The standard InChI is InChI=1S/C23H24F2N4O2/c1-12(24)16-5-4-6-17(20(16)25)13(2)26-21-19-11-18(15-7-9-31-10-8-15)23(30)29-22(19)28-14(3)27-21/h4-7,11-13H,8-10H2,1-3H3,(H2,26,27,28,29,30)/t12?,13-/m1/s1. The zero-order chi connectivity index (χ0) is 22.1. The molecule has 0 aliphatic carbocycles. The Morgan fingerprint density at radius 3 is 2.71 bits per heavy atom. The molecule has 2 aromatic heterocycles. The van der Waals surface area contributed by atoms with Gasteiger partial charge < -0.3 is 15.0 Å². The highest BCUT2D eigenvalue weighted by Gasteiger charge is 2.20. The Hall–Kier alpha value is -3.13. The molecule has 31 heavy (non-hydrogen) atoms. The number of pyridine rings is 1. The van der Waals surface area contributed by atoms with Gasteiger partial charge in [0.15, 0.2) is 0 Å². The highest BCUT2D eigenvalue weighted by Crippen LogP contribution is 2.30. The summed E-state index contributed by atoms with van der Waals surface area (Å²) in [4.78, 5) is 24.3. The molecular formula is C23H24F2N4O2. The van der Waals surface area contributed by atoms with Gasteiger partial charge in [-0.2, -0.15) is 0 Å². The summed E-state index contributed by atoms with van der Waals surface area (Å²) in [5.41, 5.74) is 1.97. The van der Waals surface area contributed by atoms with E-state index in [2.05, 4.69) is 20.3 Å². The fourth-order valence-electron chi connectivity index (χ4n) is 3.81. The van der Waals surface area contributed by atoms with Gasteiger partial charge in [-0.05, 0) is 38.8 Å². The van der Waals surface area contributed by atoms with E-state index >= 15 is 0 Å². The van der Waals surface area contributed by atoms with Crippen molar-refractivity contribution in [2.24, 2.45) is 0 Å². The van der Waals surface area contributed by atoms with Crippen molar-refractivity contribution in [2.45, 2.75) is 39.4 Å². The van der Waals surface area contributed by atoms with Crippen LogP contribution in [-0.2, 0) is 4.74 Å². The second-order valence-corrected chi connectivity index (χ2v) is 7.68. The molecule has 0 saturated heterocycles. The summed E-state index contributed by atoms with van der Waals surface area (Å²) < 4.78 is 33.9. The van der Waals surface area contributed by atoms with E-state index in [0.717, 1.165) is 5.57 Å². The van der Waals surface area contributed by atoms with Gasteiger partial charge in [0.1, 0.15) is 29.3 Å². The van der Waals surface area contributed by atoms with E-state index in [1.165, 1.54) is 13.0 Å². The molecule has 0 fully saturated rings. The smallest absolute Gasteiger partial charge is 0.257 e. The van der Waals surface area contributed by atoms with Gasteiger partial charge in [0.05, 0.1) is 24.6 Å². The van der Waals surface area contributed by atoms with Crippen molar-refractivity contribution in [3.05, 3.63) is 69.0 Å². The molecule has 2 atom stereocenters. The Kier molecular flexibility index (Phi) is 5.82. The number of fused-ring (bicyclic) bond motifs is 1. The van der Waals surface area contributed by atoms with E-state index in [0.29, 0.717) is 53.4 Å². The lowest BCUT2D eigenvalue weighted by atomic mass is 10.0. The van der Waals surface area contributed by atoms with Crippen LogP contribution in [0.3, 0.4) is 0 Å². The summed E-state index contributed by atoms with van der Waals surface area (Å²) in [5, 5.41) is 3.84. The average molecular weight is 426 g/mol. The van der Waals surface area contributed by atoms with E-state index in [9.17, 15) is 13.6 Å². The lowest BCUT2D eigenvalue weighted by Crippen LogP contribution is -2.17. The Bertz CT molecular complexity index is 1220. The van der Waals surface area contributed by atoms with Crippen molar-refractivity contribution in [3.63, 3.8) is 0 Å². The second-order valence-electron chi connectivity index (χ2n) is 7.68. The number of nitrogens with zero attached hydrogens (tertiary/aromatic N) is 2. The van der Waals surface area contributed by atoms with Crippen molar-refractivity contribution in [3.8, 4) is 0 Å². The van der Waals surface area contributed by atoms with Gasteiger partial charge in [0.25, 0.3) is 5.56 Å². The highest BCUT2D eigenvalue weighted by atomic mass is 19.1. The number of aryl methyl sites for hydroxylation is 1. The summed E-state index contributed by atoms with van der Waals surface area (Å²) in [6.07, 6.45) is 1.12. The Labute approximate surface area is 178 Å². The van der Waals surface area contributed by atoms with Crippen molar-refractivity contribution < 1.29 is 13.5 Å². The zero-order valence-corrected chi connectivity index (χ0v) is 17.6. The number of ether oxygens (including phenoxy) is 1. The maximum atomic E-state index is 14.8. The third-order valence-corrected chi connectivity index (χ3v) is 5.44. The van der Waals surface area contributed by atoms with E-state index in [-0.39, 0.29) is 11.1 Å². The minimum absolute atomic E-state index is 0.0212. The topological polar surface area (TPSA) is 79.9 Å². The summed E-state index contributed by atoms with van der Waals surface area (Å²) in [7, 11) is 0. The second kappa shape index (κ2) is 8.55. The number of anilines is 1. The van der Waals surface area contributed by atoms with Gasteiger partial charge in [-0.15, -0.1) is 0 Å². The van der Waals surface area contributed by atoms with Crippen molar-refractivity contribution >= 4 is 22.4 Å². The van der Waals surface area contributed by atoms with E-state index in [1.807, 2.05) is 6.08 Å². The first-order chi connectivity index (χ1) is 14.8. The van der Waals surface area contributed by atoms with Gasteiger partial charge in [-0.25, -0.2) is 18.7 Å². The fourth-order valence-corrected chi connectivity index (χ4v) is 3.81. The van der Waals surface area contributed by atoms with Crippen LogP contribution < -0.4 is 10.9 Å². The van der Waals surface area contributed by atoms with Crippen LogP contribution in [0.2, 0.25) is 0 Å². The number of hydrogen-bond donors (Lipinski definition) is 2. The number of H-pyrrole nitrogens is 1. The van der Waals surface area contributed by atoms with Gasteiger partial charge in [0, 0.05) is 16.7 Å². The maximum absolute atomic E-state index is 14.8. The number of halogens is 2. The molecule has 1 aliphatic rings. The molecular weight excluding hydrogens is 402 g/mol. The average Bonchev–Trinajstić information content (AvgIpc) is 2.73. The number of nitrogens with one attached hydrogen (secondary N) is 2. The van der Waals surface area contributed by atoms with Crippen LogP contribution in [0.25, 0.3) is 16.6 Å². The zero-order valence-electron chi connectivity index (χ0n) is 17.6. The predicted molar refractivity (Wildman–Crippen MR) is 116 cm³/mol. The van der Waals surface area contributed by atoms with Crippen LogP contribution in [0.4, 0.5) is 14.6 Å². The Morgan fingerprint density at radius 1 is 1.23 bits per heavy atom. The number of rotatable bonds is 5. The van der Waals surface area contributed by atoms with E-state index in [4.69, 9.17) is 4.74 Å². The maximum Gasteiger partial charge on any atom is 0.257 e. The number of hydrogen-bond acceptors (Lipinski definition) is 5. The molecule has 0 bridgehead atoms.